The predicted octanol–water partition coefficient (Wildman–Crippen LogP) is 2.14. The van der Waals surface area contributed by atoms with Gasteiger partial charge in [-0.05, 0) is 12.1 Å². The zero-order valence-corrected chi connectivity index (χ0v) is 13.3. The molecule has 0 aliphatic rings. The van der Waals surface area contributed by atoms with Crippen LogP contribution >= 0.6 is 11.6 Å². The van der Waals surface area contributed by atoms with Gasteiger partial charge >= 0.3 is 0 Å². The van der Waals surface area contributed by atoms with E-state index in [0.29, 0.717) is 0 Å². The molecule has 116 valence electrons. The molecule has 0 aliphatic heterocycles. The first-order chi connectivity index (χ1) is 9.45. The zero-order valence-electron chi connectivity index (χ0n) is 11.7. The Labute approximate surface area is 127 Å². The van der Waals surface area contributed by atoms with Crippen molar-refractivity contribution in [2.45, 2.75) is 25.7 Å². The minimum absolute atomic E-state index is 0.162. The fourth-order valence-corrected chi connectivity index (χ4v) is 2.50. The third-order valence-corrected chi connectivity index (χ3v) is 4.40. The molecule has 0 bridgehead atoms. The van der Waals surface area contributed by atoms with Crippen LogP contribution in [0.3, 0.4) is 0 Å². The minimum atomic E-state index is -4.02. The number of nitro benzene ring substituents is 1. The van der Waals surface area contributed by atoms with E-state index in [1.165, 1.54) is 0 Å². The first-order valence-corrected chi connectivity index (χ1v) is 7.78. The number of carbonyl (C=O) groups is 1. The van der Waals surface area contributed by atoms with Gasteiger partial charge in [0.1, 0.15) is 5.02 Å². The van der Waals surface area contributed by atoms with Crippen LogP contribution in [0.15, 0.2) is 23.1 Å². The average molecular weight is 335 g/mol. The van der Waals surface area contributed by atoms with E-state index < -0.39 is 26.0 Å². The van der Waals surface area contributed by atoms with Crippen molar-refractivity contribution >= 4 is 33.1 Å². The molecule has 0 fully saturated rings. The molecule has 0 amide bonds. The number of ketones is 1. The minimum Gasteiger partial charge on any atom is -0.298 e. The summed E-state index contributed by atoms with van der Waals surface area (Å²) in [7, 11) is -4.02. The van der Waals surface area contributed by atoms with Crippen molar-refractivity contribution in [2.24, 2.45) is 5.41 Å². The Bertz CT molecular complexity index is 679. The molecule has 0 spiro atoms. The fraction of sp³-hybridized carbons (Fsp3) is 0.417. The Balaban J connectivity index is 3.02. The van der Waals surface area contributed by atoms with Crippen LogP contribution in [0.1, 0.15) is 20.8 Å². The number of Topliss-reactive ketones (excluding diaryl/α,β-unsaturated/α-hetero) is 1. The number of hydrogen-bond acceptors (Lipinski definition) is 5. The van der Waals surface area contributed by atoms with Crippen molar-refractivity contribution in [3.8, 4) is 0 Å². The SMILES string of the molecule is CC(C)(C)C(=O)CNS(=O)(=O)c1ccc(Cl)c([N+](=O)[O-])c1. The van der Waals surface area contributed by atoms with Crippen molar-refractivity contribution < 1.29 is 18.1 Å². The molecule has 1 rings (SSSR count). The first-order valence-electron chi connectivity index (χ1n) is 5.92. The summed E-state index contributed by atoms with van der Waals surface area (Å²) in [6, 6.07) is 3.12. The van der Waals surface area contributed by atoms with Gasteiger partial charge < -0.3 is 0 Å². The number of halogens is 1. The maximum absolute atomic E-state index is 12.0. The van der Waals surface area contributed by atoms with Gasteiger partial charge in [0.2, 0.25) is 10.0 Å². The van der Waals surface area contributed by atoms with Crippen LogP contribution in [-0.2, 0) is 14.8 Å². The van der Waals surface area contributed by atoms with Crippen LogP contribution in [0.4, 0.5) is 5.69 Å². The summed E-state index contributed by atoms with van der Waals surface area (Å²) in [4.78, 5) is 21.4. The number of rotatable bonds is 5. The lowest BCUT2D eigenvalue weighted by atomic mass is 9.91. The molecule has 0 aliphatic carbocycles. The summed E-state index contributed by atoms with van der Waals surface area (Å²) in [6.07, 6.45) is 0. The molecule has 0 aromatic heterocycles. The number of carbonyl (C=O) groups excluding carboxylic acids is 1. The predicted molar refractivity (Wildman–Crippen MR) is 77.8 cm³/mol. The molecule has 9 heteroatoms. The molecule has 0 radical (unpaired) electrons. The Hall–Kier alpha value is -1.51. The number of nitro groups is 1. The van der Waals surface area contributed by atoms with Crippen LogP contribution in [0.5, 0.6) is 0 Å². The van der Waals surface area contributed by atoms with E-state index in [-0.39, 0.29) is 22.2 Å². The van der Waals surface area contributed by atoms with Gasteiger partial charge in [0.25, 0.3) is 5.69 Å². The number of benzene rings is 1. The second-order valence-electron chi connectivity index (χ2n) is 5.37. The molecular weight excluding hydrogens is 320 g/mol. The summed E-state index contributed by atoms with van der Waals surface area (Å²) in [5.41, 5.74) is -1.20. The first kappa shape index (κ1) is 17.5. The van der Waals surface area contributed by atoms with E-state index in [1.807, 2.05) is 0 Å². The summed E-state index contributed by atoms with van der Waals surface area (Å²) in [6.45, 7) is 4.60. The molecule has 0 saturated carbocycles. The Morgan fingerprint density at radius 1 is 1.38 bits per heavy atom. The van der Waals surface area contributed by atoms with Crippen LogP contribution in [0.2, 0.25) is 5.02 Å². The van der Waals surface area contributed by atoms with Gasteiger partial charge in [-0.1, -0.05) is 32.4 Å². The highest BCUT2D eigenvalue weighted by molar-refractivity contribution is 7.89. The van der Waals surface area contributed by atoms with E-state index >= 15 is 0 Å². The summed E-state index contributed by atoms with van der Waals surface area (Å²) in [5, 5.41) is 10.6. The molecule has 0 heterocycles. The zero-order chi connectivity index (χ0) is 16.4. The summed E-state index contributed by atoms with van der Waals surface area (Å²) in [5.74, 6) is -0.297. The van der Waals surface area contributed by atoms with Crippen molar-refractivity contribution in [3.63, 3.8) is 0 Å². The van der Waals surface area contributed by atoms with Gasteiger partial charge in [-0.25, -0.2) is 13.1 Å². The van der Waals surface area contributed by atoms with Crippen molar-refractivity contribution in [2.75, 3.05) is 6.54 Å². The van der Waals surface area contributed by atoms with Crippen molar-refractivity contribution in [1.82, 2.24) is 4.72 Å². The molecule has 1 aromatic rings. The average Bonchev–Trinajstić information content (AvgIpc) is 2.34. The molecule has 0 saturated heterocycles. The Kier molecular flexibility index (Phi) is 5.08. The van der Waals surface area contributed by atoms with Crippen LogP contribution < -0.4 is 4.72 Å². The number of nitrogens with one attached hydrogen (secondary N) is 1. The Morgan fingerprint density at radius 3 is 2.43 bits per heavy atom. The topological polar surface area (TPSA) is 106 Å². The summed E-state index contributed by atoms with van der Waals surface area (Å²) < 4.78 is 26.2. The molecule has 21 heavy (non-hydrogen) atoms. The third kappa shape index (κ3) is 4.48. The quantitative estimate of drug-likeness (QED) is 0.655. The second kappa shape index (κ2) is 6.08. The monoisotopic (exact) mass is 334 g/mol. The van der Waals surface area contributed by atoms with Crippen LogP contribution in [-0.4, -0.2) is 25.7 Å². The normalized spacial score (nSPS) is 12.2. The van der Waals surface area contributed by atoms with E-state index in [9.17, 15) is 23.3 Å². The smallest absolute Gasteiger partial charge is 0.289 e. The van der Waals surface area contributed by atoms with Crippen LogP contribution in [0.25, 0.3) is 0 Å². The van der Waals surface area contributed by atoms with E-state index in [4.69, 9.17) is 11.6 Å². The third-order valence-electron chi connectivity index (χ3n) is 2.68. The molecule has 0 atom stereocenters. The fourth-order valence-electron chi connectivity index (χ4n) is 1.31. The lowest BCUT2D eigenvalue weighted by Crippen LogP contribution is -2.35. The van der Waals surface area contributed by atoms with Crippen LogP contribution in [0, 0.1) is 15.5 Å². The number of sulfonamides is 1. The molecule has 7 nitrogen and oxygen atoms in total. The highest BCUT2D eigenvalue weighted by Crippen LogP contribution is 2.27. The number of nitrogens with zero attached hydrogens (tertiary/aromatic N) is 1. The number of hydrogen-bond donors (Lipinski definition) is 1. The van der Waals surface area contributed by atoms with Gasteiger partial charge in [-0.15, -0.1) is 0 Å². The largest absolute Gasteiger partial charge is 0.298 e. The van der Waals surface area contributed by atoms with Gasteiger partial charge in [0.05, 0.1) is 16.4 Å². The maximum atomic E-state index is 12.0. The standard InChI is InChI=1S/C12H15ClN2O5S/c1-12(2,3)11(16)7-14-21(19,20)8-4-5-9(13)10(6-8)15(17)18/h4-6,14H,7H2,1-3H3. The lowest BCUT2D eigenvalue weighted by Gasteiger charge is -2.16. The van der Waals surface area contributed by atoms with Gasteiger partial charge in [0.15, 0.2) is 5.78 Å². The molecule has 1 aromatic carbocycles. The lowest BCUT2D eigenvalue weighted by molar-refractivity contribution is -0.384. The van der Waals surface area contributed by atoms with Crippen molar-refractivity contribution in [3.05, 3.63) is 33.3 Å². The van der Waals surface area contributed by atoms with E-state index in [1.54, 1.807) is 20.8 Å². The van der Waals surface area contributed by atoms with E-state index in [0.717, 1.165) is 18.2 Å². The molecule has 0 unspecified atom stereocenters. The highest BCUT2D eigenvalue weighted by atomic mass is 35.5. The van der Waals surface area contributed by atoms with Gasteiger partial charge in [-0.2, -0.15) is 0 Å². The molecule has 1 N–H and O–H groups in total. The van der Waals surface area contributed by atoms with Crippen molar-refractivity contribution in [1.29, 1.82) is 0 Å². The highest BCUT2D eigenvalue weighted by Gasteiger charge is 2.25. The molecular formula is C12H15ClN2O5S. The van der Waals surface area contributed by atoms with Gasteiger partial charge in [0, 0.05) is 11.5 Å². The van der Waals surface area contributed by atoms with E-state index in [2.05, 4.69) is 4.72 Å². The second-order valence-corrected chi connectivity index (χ2v) is 7.54. The summed E-state index contributed by atoms with van der Waals surface area (Å²) >= 11 is 5.62. The van der Waals surface area contributed by atoms with Gasteiger partial charge in [-0.3, -0.25) is 14.9 Å². The Morgan fingerprint density at radius 2 is 1.95 bits per heavy atom. The maximum Gasteiger partial charge on any atom is 0.289 e.